The number of fused-ring (bicyclic) bond motifs is 1. The molecular formula is C20H17ClN2O4S. The molecule has 0 radical (unpaired) electrons. The van der Waals surface area contributed by atoms with Crippen molar-refractivity contribution in [1.82, 2.24) is 9.71 Å². The van der Waals surface area contributed by atoms with Gasteiger partial charge in [0.05, 0.1) is 16.0 Å². The second-order valence-corrected chi connectivity index (χ2v) is 8.00. The molecule has 1 heterocycles. The van der Waals surface area contributed by atoms with Gasteiger partial charge in [-0.05, 0) is 30.3 Å². The molecule has 0 saturated carbocycles. The van der Waals surface area contributed by atoms with Gasteiger partial charge in [0.2, 0.25) is 10.0 Å². The summed E-state index contributed by atoms with van der Waals surface area (Å²) >= 11 is 6.17. The number of para-hydroxylation sites is 1. The molecule has 0 amide bonds. The van der Waals surface area contributed by atoms with Crippen LogP contribution in [0.15, 0.2) is 72.1 Å². The number of esters is 1. The maximum absolute atomic E-state index is 12.4. The van der Waals surface area contributed by atoms with Crippen molar-refractivity contribution in [2.75, 3.05) is 6.54 Å². The normalized spacial score (nSPS) is 11.3. The van der Waals surface area contributed by atoms with E-state index in [1.54, 1.807) is 6.07 Å². The Morgan fingerprint density at radius 2 is 1.96 bits per heavy atom. The first-order chi connectivity index (χ1) is 13.4. The largest absolute Gasteiger partial charge is 0.457 e. The van der Waals surface area contributed by atoms with Crippen molar-refractivity contribution in [3.8, 4) is 0 Å². The number of hydrogen-bond acceptors (Lipinski definition) is 5. The number of nitrogens with zero attached hydrogens (tertiary/aromatic N) is 1. The zero-order valence-electron chi connectivity index (χ0n) is 14.8. The van der Waals surface area contributed by atoms with Crippen molar-refractivity contribution < 1.29 is 17.9 Å². The molecule has 0 atom stereocenters. The van der Waals surface area contributed by atoms with E-state index >= 15 is 0 Å². The van der Waals surface area contributed by atoms with Crippen LogP contribution < -0.4 is 4.72 Å². The predicted molar refractivity (Wildman–Crippen MR) is 108 cm³/mol. The topological polar surface area (TPSA) is 85.4 Å². The van der Waals surface area contributed by atoms with Crippen LogP contribution >= 0.6 is 11.6 Å². The highest BCUT2D eigenvalue weighted by molar-refractivity contribution is 7.89. The molecule has 0 unspecified atom stereocenters. The third-order valence-electron chi connectivity index (χ3n) is 3.91. The molecule has 3 rings (SSSR count). The molecule has 3 aromatic rings. The van der Waals surface area contributed by atoms with Crippen molar-refractivity contribution >= 4 is 38.5 Å². The van der Waals surface area contributed by atoms with Crippen molar-refractivity contribution in [3.63, 3.8) is 0 Å². The fourth-order valence-corrected chi connectivity index (χ4v) is 3.75. The summed E-state index contributed by atoms with van der Waals surface area (Å²) in [5, 5.41) is 1.12. The summed E-state index contributed by atoms with van der Waals surface area (Å²) < 4.78 is 32.0. The fraction of sp³-hybridized carbons (Fsp3) is 0.100. The molecule has 144 valence electrons. The van der Waals surface area contributed by atoms with E-state index in [0.29, 0.717) is 5.56 Å². The second-order valence-electron chi connectivity index (χ2n) is 5.88. The van der Waals surface area contributed by atoms with Gasteiger partial charge in [0.25, 0.3) is 0 Å². The standard InChI is InChI=1S/C20H17ClN2O4S/c1-2-10-22-28(25,26)17-8-5-7-15(12-17)20(24)27-13-16-11-14-6-3-4-9-18(14)23-19(16)21/h2-9,11-12,22H,1,10,13H2. The lowest BCUT2D eigenvalue weighted by molar-refractivity contribution is 0.0472. The smallest absolute Gasteiger partial charge is 0.338 e. The minimum Gasteiger partial charge on any atom is -0.457 e. The van der Waals surface area contributed by atoms with Crippen LogP contribution in [0.1, 0.15) is 15.9 Å². The van der Waals surface area contributed by atoms with Crippen molar-refractivity contribution in [2.24, 2.45) is 0 Å². The number of carbonyl (C=O) groups is 1. The van der Waals surface area contributed by atoms with Gasteiger partial charge in [-0.3, -0.25) is 0 Å². The number of rotatable bonds is 7. The van der Waals surface area contributed by atoms with E-state index in [1.165, 1.54) is 30.3 Å². The van der Waals surface area contributed by atoms with E-state index in [-0.39, 0.29) is 28.8 Å². The van der Waals surface area contributed by atoms with Gasteiger partial charge in [-0.25, -0.2) is 22.9 Å². The highest BCUT2D eigenvalue weighted by atomic mass is 35.5. The Kier molecular flexibility index (Phi) is 6.08. The predicted octanol–water partition coefficient (Wildman–Crippen LogP) is 3.71. The highest BCUT2D eigenvalue weighted by Gasteiger charge is 2.16. The molecule has 0 aliphatic heterocycles. The zero-order valence-corrected chi connectivity index (χ0v) is 16.3. The van der Waals surface area contributed by atoms with Crippen LogP contribution in [-0.4, -0.2) is 25.9 Å². The number of ether oxygens (including phenoxy) is 1. The SMILES string of the molecule is C=CCNS(=O)(=O)c1cccc(C(=O)OCc2cc3ccccc3nc2Cl)c1. The van der Waals surface area contributed by atoms with Gasteiger partial charge < -0.3 is 4.74 Å². The summed E-state index contributed by atoms with van der Waals surface area (Å²) in [6, 6.07) is 14.9. The summed E-state index contributed by atoms with van der Waals surface area (Å²) in [6.45, 7) is 3.47. The molecule has 6 nitrogen and oxygen atoms in total. The number of hydrogen-bond donors (Lipinski definition) is 1. The Labute approximate surface area is 167 Å². The van der Waals surface area contributed by atoms with Gasteiger partial charge in [0.15, 0.2) is 0 Å². The van der Waals surface area contributed by atoms with E-state index in [0.717, 1.165) is 10.9 Å². The molecule has 0 bridgehead atoms. The fourth-order valence-electron chi connectivity index (χ4n) is 2.51. The summed E-state index contributed by atoms with van der Waals surface area (Å²) in [6.07, 6.45) is 1.43. The van der Waals surface area contributed by atoms with Crippen molar-refractivity contribution in [1.29, 1.82) is 0 Å². The Hall–Kier alpha value is -2.74. The van der Waals surface area contributed by atoms with Crippen LogP contribution in [0, 0.1) is 0 Å². The molecule has 0 saturated heterocycles. The molecule has 0 spiro atoms. The first kappa shape index (κ1) is 20.0. The zero-order chi connectivity index (χ0) is 20.1. The van der Waals surface area contributed by atoms with Gasteiger partial charge in [0, 0.05) is 17.5 Å². The molecule has 8 heteroatoms. The first-order valence-electron chi connectivity index (χ1n) is 8.32. The monoisotopic (exact) mass is 416 g/mol. The average molecular weight is 417 g/mol. The molecule has 0 aliphatic rings. The van der Waals surface area contributed by atoms with Crippen molar-refractivity contribution in [3.05, 3.63) is 83.5 Å². The van der Waals surface area contributed by atoms with Crippen LogP contribution in [0.5, 0.6) is 0 Å². The number of nitrogens with one attached hydrogen (secondary N) is 1. The highest BCUT2D eigenvalue weighted by Crippen LogP contribution is 2.22. The number of sulfonamides is 1. The molecule has 1 N–H and O–H groups in total. The van der Waals surface area contributed by atoms with Gasteiger partial charge in [-0.15, -0.1) is 6.58 Å². The Morgan fingerprint density at radius 3 is 2.75 bits per heavy atom. The van der Waals surface area contributed by atoms with E-state index in [1.807, 2.05) is 24.3 Å². The van der Waals surface area contributed by atoms with E-state index in [4.69, 9.17) is 16.3 Å². The third kappa shape index (κ3) is 4.56. The van der Waals surface area contributed by atoms with Gasteiger partial charge in [-0.1, -0.05) is 41.9 Å². The third-order valence-corrected chi connectivity index (χ3v) is 5.66. The van der Waals surface area contributed by atoms with Crippen LogP contribution in [0.3, 0.4) is 0 Å². The lowest BCUT2D eigenvalue weighted by Crippen LogP contribution is -2.23. The molecule has 28 heavy (non-hydrogen) atoms. The lowest BCUT2D eigenvalue weighted by atomic mass is 10.1. The van der Waals surface area contributed by atoms with Gasteiger partial charge >= 0.3 is 5.97 Å². The van der Waals surface area contributed by atoms with Crippen LogP contribution in [0.25, 0.3) is 10.9 Å². The number of benzene rings is 2. The van der Waals surface area contributed by atoms with Crippen LogP contribution in [-0.2, 0) is 21.4 Å². The van der Waals surface area contributed by atoms with Gasteiger partial charge in [0.1, 0.15) is 11.8 Å². The molecule has 0 fully saturated rings. The summed E-state index contributed by atoms with van der Waals surface area (Å²) in [4.78, 5) is 16.6. The van der Waals surface area contributed by atoms with Crippen LogP contribution in [0.4, 0.5) is 0 Å². The minimum atomic E-state index is -3.74. The quantitative estimate of drug-likeness (QED) is 0.360. The number of pyridine rings is 1. The van der Waals surface area contributed by atoms with E-state index in [9.17, 15) is 13.2 Å². The van der Waals surface area contributed by atoms with E-state index < -0.39 is 16.0 Å². The summed E-state index contributed by atoms with van der Waals surface area (Å²) in [5.74, 6) is -0.662. The molecular weight excluding hydrogens is 400 g/mol. The summed E-state index contributed by atoms with van der Waals surface area (Å²) in [7, 11) is -3.74. The molecule has 2 aromatic carbocycles. The number of aromatic nitrogens is 1. The Balaban J connectivity index is 1.76. The van der Waals surface area contributed by atoms with Gasteiger partial charge in [-0.2, -0.15) is 0 Å². The minimum absolute atomic E-state index is 0.0331. The van der Waals surface area contributed by atoms with Crippen LogP contribution in [0.2, 0.25) is 5.15 Å². The molecule has 1 aromatic heterocycles. The van der Waals surface area contributed by atoms with Crippen molar-refractivity contribution in [2.45, 2.75) is 11.5 Å². The number of halogens is 1. The summed E-state index contributed by atoms with van der Waals surface area (Å²) in [5.41, 5.74) is 1.42. The number of carbonyl (C=O) groups excluding carboxylic acids is 1. The first-order valence-corrected chi connectivity index (χ1v) is 10.2. The van der Waals surface area contributed by atoms with E-state index in [2.05, 4.69) is 16.3 Å². The maximum Gasteiger partial charge on any atom is 0.338 e. The second kappa shape index (κ2) is 8.52. The lowest BCUT2D eigenvalue weighted by Gasteiger charge is -2.09. The Bertz CT molecular complexity index is 1150. The Morgan fingerprint density at radius 1 is 1.18 bits per heavy atom. The molecule has 0 aliphatic carbocycles. The average Bonchev–Trinajstić information content (AvgIpc) is 2.70. The maximum atomic E-state index is 12.4.